The average molecular weight is 481 g/mol. The first-order valence-corrected chi connectivity index (χ1v) is 11.1. The second kappa shape index (κ2) is 14.5. The fourth-order valence-electron chi connectivity index (χ4n) is 3.12. The second-order valence-electron chi connectivity index (χ2n) is 7.77. The van der Waals surface area contributed by atoms with Gasteiger partial charge in [0, 0.05) is 29.9 Å². The number of hydrogen-bond acceptors (Lipinski definition) is 8. The Hall–Kier alpha value is -3.58. The van der Waals surface area contributed by atoms with Crippen molar-refractivity contribution in [1.29, 1.82) is 0 Å². The number of ether oxygens (including phenoxy) is 1. The van der Waals surface area contributed by atoms with Crippen LogP contribution in [0.25, 0.3) is 0 Å². The lowest BCUT2D eigenvalue weighted by atomic mass is 10.1. The Labute approximate surface area is 198 Å². The van der Waals surface area contributed by atoms with Crippen LogP contribution in [-0.2, 0) is 20.9 Å². The predicted molar refractivity (Wildman–Crippen MR) is 127 cm³/mol. The van der Waals surface area contributed by atoms with Crippen LogP contribution in [0.5, 0.6) is 0 Å². The Balaban J connectivity index is 2.86. The molecule has 0 aromatic heterocycles. The summed E-state index contributed by atoms with van der Waals surface area (Å²) < 4.78 is 5.31. The number of carbonyl (C=O) groups excluding carboxylic acids is 4. The van der Waals surface area contributed by atoms with E-state index in [0.717, 1.165) is 24.3 Å². The zero-order chi connectivity index (χ0) is 25.7. The van der Waals surface area contributed by atoms with Gasteiger partial charge in [0.25, 0.3) is 0 Å². The first kappa shape index (κ1) is 28.5. The molecule has 0 heterocycles. The number of hydrogen-bond donors (Lipinski definition) is 6. The van der Waals surface area contributed by atoms with Gasteiger partial charge >= 0.3 is 18.0 Å². The summed E-state index contributed by atoms with van der Waals surface area (Å²) in [6.07, 6.45) is 3.86. The fraction of sp³-hybridized carbons (Fsp3) is 0.524. The van der Waals surface area contributed by atoms with Crippen LogP contribution < -0.4 is 34.2 Å². The number of rotatable bonds is 14. The van der Waals surface area contributed by atoms with E-state index in [1.54, 1.807) is 18.2 Å². The number of anilines is 2. The van der Waals surface area contributed by atoms with Gasteiger partial charge in [-0.05, 0) is 37.8 Å². The van der Waals surface area contributed by atoms with Crippen LogP contribution in [0, 0.1) is 0 Å². The second-order valence-corrected chi connectivity index (χ2v) is 7.77. The zero-order valence-electron chi connectivity index (χ0n) is 19.5. The van der Waals surface area contributed by atoms with Crippen LogP contribution in [0.3, 0.4) is 0 Å². The Morgan fingerprint density at radius 1 is 1.03 bits per heavy atom. The van der Waals surface area contributed by atoms with Crippen molar-refractivity contribution in [1.82, 2.24) is 10.0 Å². The molecule has 0 aliphatic heterocycles. The predicted octanol–water partition coefficient (Wildman–Crippen LogP) is 0.879. The third-order valence-electron chi connectivity index (χ3n) is 5.13. The van der Waals surface area contributed by atoms with Gasteiger partial charge < -0.3 is 27.3 Å². The van der Waals surface area contributed by atoms with Crippen molar-refractivity contribution in [3.63, 3.8) is 0 Å². The minimum atomic E-state index is -1.11. The number of hydrazine groups is 2. The summed E-state index contributed by atoms with van der Waals surface area (Å²) in [6.45, 7) is 2.07. The van der Waals surface area contributed by atoms with Crippen LogP contribution in [0.1, 0.15) is 57.4 Å². The lowest BCUT2D eigenvalue weighted by Crippen LogP contribution is -2.53. The molecule has 0 aliphatic carbocycles. The van der Waals surface area contributed by atoms with Crippen molar-refractivity contribution < 1.29 is 23.9 Å². The van der Waals surface area contributed by atoms with Crippen molar-refractivity contribution in [3.05, 3.63) is 23.8 Å². The largest absolute Gasteiger partial charge is 0.461 e. The third-order valence-corrected chi connectivity index (χ3v) is 5.13. The van der Waals surface area contributed by atoms with Gasteiger partial charge in [0.1, 0.15) is 12.6 Å². The minimum Gasteiger partial charge on any atom is -0.461 e. The molecular formula is C21H36N8O5. The molecule has 190 valence electrons. The number of benzene rings is 1. The summed E-state index contributed by atoms with van der Waals surface area (Å²) in [5.41, 5.74) is 17.4. The number of nitrogens with zero attached hydrogens (tertiary/aromatic N) is 2. The molecular weight excluding hydrogens is 444 g/mol. The summed E-state index contributed by atoms with van der Waals surface area (Å²) in [6, 6.07) is 1.95. The average Bonchev–Trinajstić information content (AvgIpc) is 2.78. The summed E-state index contributed by atoms with van der Waals surface area (Å²) in [7, 11) is 0. The number of esters is 1. The maximum Gasteiger partial charge on any atom is 0.329 e. The van der Waals surface area contributed by atoms with Gasteiger partial charge in [0.05, 0.1) is 0 Å². The van der Waals surface area contributed by atoms with E-state index < -0.39 is 24.0 Å². The zero-order valence-corrected chi connectivity index (χ0v) is 19.5. The van der Waals surface area contributed by atoms with E-state index in [-0.39, 0.29) is 25.5 Å². The Morgan fingerprint density at radius 3 is 2.35 bits per heavy atom. The smallest absolute Gasteiger partial charge is 0.329 e. The summed E-state index contributed by atoms with van der Waals surface area (Å²) in [5, 5.41) is 4.15. The highest BCUT2D eigenvalue weighted by Crippen LogP contribution is 2.24. The number of amides is 5. The highest BCUT2D eigenvalue weighted by Gasteiger charge is 2.27. The summed E-state index contributed by atoms with van der Waals surface area (Å²) in [5.74, 6) is 10.2. The Morgan fingerprint density at radius 2 is 1.74 bits per heavy atom. The molecule has 0 radical (unpaired) electrons. The number of primary amides is 2. The molecule has 5 amide bonds. The molecule has 13 heteroatoms. The molecule has 1 aromatic carbocycles. The highest BCUT2D eigenvalue weighted by molar-refractivity contribution is 5.97. The fourth-order valence-corrected chi connectivity index (χ4v) is 3.12. The number of carbonyl (C=O) groups is 4. The maximum atomic E-state index is 13.0. The molecule has 0 aliphatic rings. The van der Waals surface area contributed by atoms with Crippen LogP contribution in [0.4, 0.5) is 21.0 Å². The normalized spacial score (nSPS) is 11.4. The molecule has 0 bridgehead atoms. The van der Waals surface area contributed by atoms with E-state index in [0.29, 0.717) is 41.2 Å². The van der Waals surface area contributed by atoms with E-state index in [1.807, 2.05) is 6.92 Å². The number of nitrogens with two attached hydrogens (primary N) is 5. The molecule has 0 saturated carbocycles. The monoisotopic (exact) mass is 480 g/mol. The van der Waals surface area contributed by atoms with Gasteiger partial charge in [-0.3, -0.25) is 19.6 Å². The highest BCUT2D eigenvalue weighted by atomic mass is 16.5. The van der Waals surface area contributed by atoms with Crippen molar-refractivity contribution in [2.75, 3.05) is 17.6 Å². The van der Waals surface area contributed by atoms with Crippen molar-refractivity contribution in [3.8, 4) is 0 Å². The maximum absolute atomic E-state index is 13.0. The number of urea groups is 2. The molecule has 1 atom stereocenters. The standard InChI is InChI=1S/C21H36N8O5/c1-2-3-4-11-18(30)34-13-14-15(22)8-7-9-16(14)27-19(31)17(29(26)21(24)33)10-5-6-12-28(25)20(23)32/h7-9,17H,2-6,10-13,22,25-26H2,1H3,(H2,23,32)(H2,24,33)(H,27,31)/t17-/m0/s1. The van der Waals surface area contributed by atoms with E-state index >= 15 is 0 Å². The molecule has 0 saturated heterocycles. The first-order valence-electron chi connectivity index (χ1n) is 11.1. The molecule has 34 heavy (non-hydrogen) atoms. The number of nitrogen functional groups attached to an aromatic ring is 1. The van der Waals surface area contributed by atoms with Crippen LogP contribution in [0.15, 0.2) is 18.2 Å². The van der Waals surface area contributed by atoms with Gasteiger partial charge in [-0.2, -0.15) is 0 Å². The Bertz CT molecular complexity index is 850. The topological polar surface area (TPSA) is 226 Å². The molecule has 0 unspecified atom stereocenters. The van der Waals surface area contributed by atoms with Crippen LogP contribution >= 0.6 is 0 Å². The van der Waals surface area contributed by atoms with Crippen molar-refractivity contribution in [2.24, 2.45) is 23.2 Å². The quantitative estimate of drug-likeness (QED) is 0.0557. The summed E-state index contributed by atoms with van der Waals surface area (Å²) >= 11 is 0. The lowest BCUT2D eigenvalue weighted by molar-refractivity contribution is -0.145. The molecule has 13 nitrogen and oxygen atoms in total. The molecule has 0 fully saturated rings. The Kier molecular flexibility index (Phi) is 12.2. The van der Waals surface area contributed by atoms with Crippen LogP contribution in [0.2, 0.25) is 0 Å². The van der Waals surface area contributed by atoms with Gasteiger partial charge in [-0.25, -0.2) is 21.3 Å². The molecule has 11 N–H and O–H groups in total. The van der Waals surface area contributed by atoms with Gasteiger partial charge in [0.2, 0.25) is 5.91 Å². The third kappa shape index (κ3) is 9.50. The van der Waals surface area contributed by atoms with E-state index in [1.165, 1.54) is 0 Å². The molecule has 0 spiro atoms. The van der Waals surface area contributed by atoms with Crippen LogP contribution in [-0.4, -0.2) is 46.5 Å². The number of nitrogens with one attached hydrogen (secondary N) is 1. The van der Waals surface area contributed by atoms with E-state index in [2.05, 4.69) is 5.32 Å². The van der Waals surface area contributed by atoms with E-state index in [4.69, 9.17) is 33.6 Å². The molecule has 1 rings (SSSR count). The van der Waals surface area contributed by atoms with Gasteiger partial charge in [0.15, 0.2) is 0 Å². The van der Waals surface area contributed by atoms with Crippen molar-refractivity contribution in [2.45, 2.75) is 64.5 Å². The SMILES string of the molecule is CCCCCC(=O)OCc1c(N)cccc1NC(=O)[C@H](CCCCN(N)C(N)=O)N(N)C(N)=O. The van der Waals surface area contributed by atoms with Gasteiger partial charge in [-0.15, -0.1) is 0 Å². The summed E-state index contributed by atoms with van der Waals surface area (Å²) in [4.78, 5) is 47.5. The lowest BCUT2D eigenvalue weighted by Gasteiger charge is -2.26. The first-order chi connectivity index (χ1) is 16.1. The minimum absolute atomic E-state index is 0.125. The van der Waals surface area contributed by atoms with Gasteiger partial charge in [-0.1, -0.05) is 25.8 Å². The van der Waals surface area contributed by atoms with Crippen molar-refractivity contribution >= 4 is 35.3 Å². The number of unbranched alkanes of at least 4 members (excludes halogenated alkanes) is 3. The van der Waals surface area contributed by atoms with E-state index in [9.17, 15) is 19.2 Å². The molecule has 1 aromatic rings.